The maximum atomic E-state index is 12.4. The molecule has 2 heterocycles. The molecule has 0 atom stereocenters. The lowest BCUT2D eigenvalue weighted by atomic mass is 10.1. The Labute approximate surface area is 125 Å². The number of H-pyrrole nitrogens is 1. The Hall–Kier alpha value is -2.95. The van der Waals surface area contributed by atoms with Gasteiger partial charge < -0.3 is 18.9 Å². The van der Waals surface area contributed by atoms with Gasteiger partial charge >= 0.3 is 5.63 Å². The minimum absolute atomic E-state index is 0.368. The average Bonchev–Trinajstić information content (AvgIpc) is 2.92. The third-order valence-corrected chi connectivity index (χ3v) is 3.87. The molecule has 0 fully saturated rings. The number of methoxy groups -OCH3 is 2. The number of ether oxygens (including phenoxy) is 2. The van der Waals surface area contributed by atoms with Gasteiger partial charge in [0.2, 0.25) is 0 Å². The lowest BCUT2D eigenvalue weighted by Crippen LogP contribution is -1.98. The Morgan fingerprint density at radius 1 is 1.00 bits per heavy atom. The Bertz CT molecular complexity index is 1070. The Morgan fingerprint density at radius 3 is 2.50 bits per heavy atom. The molecule has 0 amide bonds. The summed E-state index contributed by atoms with van der Waals surface area (Å²) in [5, 5.41) is 2.15. The molecule has 4 aromatic rings. The van der Waals surface area contributed by atoms with Gasteiger partial charge in [0.15, 0.2) is 11.5 Å². The third kappa shape index (κ3) is 1.62. The second-order valence-electron chi connectivity index (χ2n) is 5.01. The molecule has 2 aromatic heterocycles. The summed E-state index contributed by atoms with van der Waals surface area (Å²) in [7, 11) is 3.15. The molecule has 2 aromatic carbocycles. The van der Waals surface area contributed by atoms with E-state index in [0.29, 0.717) is 22.5 Å². The van der Waals surface area contributed by atoms with E-state index in [1.54, 1.807) is 26.4 Å². The number of rotatable bonds is 2. The molecule has 22 heavy (non-hydrogen) atoms. The highest BCUT2D eigenvalue weighted by atomic mass is 16.5. The zero-order valence-electron chi connectivity index (χ0n) is 12.1. The van der Waals surface area contributed by atoms with Gasteiger partial charge in [-0.25, -0.2) is 4.79 Å². The van der Waals surface area contributed by atoms with E-state index in [1.165, 1.54) is 0 Å². The van der Waals surface area contributed by atoms with E-state index in [4.69, 9.17) is 13.9 Å². The van der Waals surface area contributed by atoms with Crippen LogP contribution in [0.1, 0.15) is 0 Å². The Kier molecular flexibility index (Phi) is 2.63. The molecule has 110 valence electrons. The van der Waals surface area contributed by atoms with Gasteiger partial charge in [-0.15, -0.1) is 0 Å². The van der Waals surface area contributed by atoms with Crippen LogP contribution in [0.15, 0.2) is 45.6 Å². The van der Waals surface area contributed by atoms with Crippen molar-refractivity contribution in [3.8, 4) is 11.5 Å². The zero-order chi connectivity index (χ0) is 15.3. The van der Waals surface area contributed by atoms with Gasteiger partial charge in [-0.1, -0.05) is 12.1 Å². The first kappa shape index (κ1) is 12.8. The van der Waals surface area contributed by atoms with Gasteiger partial charge in [0, 0.05) is 16.8 Å². The van der Waals surface area contributed by atoms with E-state index < -0.39 is 0 Å². The maximum absolute atomic E-state index is 12.4. The molecular formula is C17H13NO4. The van der Waals surface area contributed by atoms with E-state index in [2.05, 4.69) is 4.98 Å². The molecule has 4 rings (SSSR count). The second kappa shape index (κ2) is 4.53. The highest BCUT2D eigenvalue weighted by molar-refractivity contribution is 6.15. The molecule has 5 nitrogen and oxygen atoms in total. The van der Waals surface area contributed by atoms with Crippen LogP contribution in [0.2, 0.25) is 0 Å². The summed E-state index contributed by atoms with van der Waals surface area (Å²) in [5.74, 6) is 1.18. The summed E-state index contributed by atoms with van der Waals surface area (Å²) in [5.41, 5.74) is 1.76. The van der Waals surface area contributed by atoms with Crippen molar-refractivity contribution < 1.29 is 13.9 Å². The van der Waals surface area contributed by atoms with Crippen molar-refractivity contribution in [2.24, 2.45) is 0 Å². The summed E-state index contributed by atoms with van der Waals surface area (Å²) in [6.45, 7) is 0. The van der Waals surface area contributed by atoms with E-state index in [1.807, 2.05) is 24.3 Å². The van der Waals surface area contributed by atoms with Crippen molar-refractivity contribution in [3.63, 3.8) is 0 Å². The largest absolute Gasteiger partial charge is 0.493 e. The number of benzene rings is 2. The molecule has 0 aliphatic carbocycles. The molecule has 0 unspecified atom stereocenters. The van der Waals surface area contributed by atoms with Crippen LogP contribution in [-0.4, -0.2) is 19.2 Å². The average molecular weight is 295 g/mol. The Morgan fingerprint density at radius 2 is 1.73 bits per heavy atom. The van der Waals surface area contributed by atoms with Gasteiger partial charge in [-0.05, 0) is 18.2 Å². The van der Waals surface area contributed by atoms with Gasteiger partial charge in [0.05, 0.1) is 30.6 Å². The first-order chi connectivity index (χ1) is 10.7. The number of aromatic nitrogens is 1. The number of fused-ring (bicyclic) bond motifs is 5. The lowest BCUT2D eigenvalue weighted by molar-refractivity contribution is 0.356. The first-order valence-corrected chi connectivity index (χ1v) is 6.82. The predicted molar refractivity (Wildman–Crippen MR) is 85.0 cm³/mol. The summed E-state index contributed by atoms with van der Waals surface area (Å²) < 4.78 is 16.1. The van der Waals surface area contributed by atoms with Crippen molar-refractivity contribution in [2.45, 2.75) is 0 Å². The van der Waals surface area contributed by atoms with Crippen LogP contribution in [0.5, 0.6) is 11.5 Å². The quantitative estimate of drug-likeness (QED) is 0.575. The molecular weight excluding hydrogens is 282 g/mol. The highest BCUT2D eigenvalue weighted by Crippen LogP contribution is 2.36. The van der Waals surface area contributed by atoms with Crippen LogP contribution in [-0.2, 0) is 0 Å². The predicted octanol–water partition coefficient (Wildman–Crippen LogP) is 3.44. The fourth-order valence-corrected chi connectivity index (χ4v) is 2.85. The van der Waals surface area contributed by atoms with Gasteiger partial charge in [0.1, 0.15) is 5.58 Å². The molecule has 0 saturated heterocycles. The molecule has 5 heteroatoms. The third-order valence-electron chi connectivity index (χ3n) is 3.87. The van der Waals surface area contributed by atoms with Crippen molar-refractivity contribution in [3.05, 3.63) is 46.8 Å². The molecule has 0 saturated carbocycles. The summed E-state index contributed by atoms with van der Waals surface area (Å²) in [6, 6.07) is 11.1. The fraction of sp³-hybridized carbons (Fsp3) is 0.118. The molecule has 0 aliphatic rings. The number of hydrogen-bond donors (Lipinski definition) is 1. The number of hydrogen-bond acceptors (Lipinski definition) is 4. The SMILES string of the molecule is COc1cc2[nH]c3c4ccccc4oc(=O)c3c2cc1OC. The number of nitrogens with one attached hydrogen (secondary N) is 1. The summed E-state index contributed by atoms with van der Waals surface area (Å²) in [6.07, 6.45) is 0. The van der Waals surface area contributed by atoms with Gasteiger partial charge in [-0.3, -0.25) is 0 Å². The van der Waals surface area contributed by atoms with E-state index in [-0.39, 0.29) is 5.63 Å². The monoisotopic (exact) mass is 295 g/mol. The molecule has 0 spiro atoms. The van der Waals surface area contributed by atoms with Crippen molar-refractivity contribution in [2.75, 3.05) is 14.2 Å². The van der Waals surface area contributed by atoms with Crippen LogP contribution >= 0.6 is 0 Å². The smallest absolute Gasteiger partial charge is 0.346 e. The lowest BCUT2D eigenvalue weighted by Gasteiger charge is -2.06. The van der Waals surface area contributed by atoms with Gasteiger partial charge in [0.25, 0.3) is 0 Å². The van der Waals surface area contributed by atoms with Gasteiger partial charge in [-0.2, -0.15) is 0 Å². The first-order valence-electron chi connectivity index (χ1n) is 6.82. The minimum atomic E-state index is -0.368. The number of aromatic amines is 1. The van der Waals surface area contributed by atoms with Crippen LogP contribution in [0.4, 0.5) is 0 Å². The van der Waals surface area contributed by atoms with Crippen LogP contribution in [0, 0.1) is 0 Å². The van der Waals surface area contributed by atoms with E-state index >= 15 is 0 Å². The summed E-state index contributed by atoms with van der Waals surface area (Å²) in [4.78, 5) is 15.7. The van der Waals surface area contributed by atoms with Crippen LogP contribution < -0.4 is 15.1 Å². The van der Waals surface area contributed by atoms with Crippen molar-refractivity contribution in [1.29, 1.82) is 0 Å². The molecule has 0 bridgehead atoms. The maximum Gasteiger partial charge on any atom is 0.346 e. The number of para-hydroxylation sites is 1. The Balaban J connectivity index is 2.25. The molecule has 1 N–H and O–H groups in total. The minimum Gasteiger partial charge on any atom is -0.493 e. The van der Waals surface area contributed by atoms with E-state index in [0.717, 1.165) is 21.8 Å². The van der Waals surface area contributed by atoms with Crippen molar-refractivity contribution >= 4 is 32.8 Å². The van der Waals surface area contributed by atoms with Crippen molar-refractivity contribution in [1.82, 2.24) is 4.98 Å². The zero-order valence-corrected chi connectivity index (χ0v) is 12.1. The second-order valence-corrected chi connectivity index (χ2v) is 5.01. The molecule has 0 radical (unpaired) electrons. The van der Waals surface area contributed by atoms with Crippen LogP contribution in [0.3, 0.4) is 0 Å². The van der Waals surface area contributed by atoms with Crippen LogP contribution in [0.25, 0.3) is 32.8 Å². The normalized spacial score (nSPS) is 11.4. The topological polar surface area (TPSA) is 64.5 Å². The summed E-state index contributed by atoms with van der Waals surface area (Å²) >= 11 is 0. The standard InChI is InChI=1S/C17H13NO4/c1-20-13-7-10-11(8-14(13)21-2)18-16-9-5-3-4-6-12(9)22-17(19)15(10)16/h3-8,18H,1-2H3. The molecule has 0 aliphatic heterocycles. The fourth-order valence-electron chi connectivity index (χ4n) is 2.85. The highest BCUT2D eigenvalue weighted by Gasteiger charge is 2.16. The van der Waals surface area contributed by atoms with E-state index in [9.17, 15) is 4.79 Å².